The Morgan fingerprint density at radius 3 is 2.12 bits per heavy atom. The molecule has 0 aromatic rings. The van der Waals surface area contributed by atoms with E-state index in [0.717, 1.165) is 6.42 Å². The minimum absolute atomic E-state index is 0.159. The summed E-state index contributed by atoms with van der Waals surface area (Å²) in [6, 6.07) is 0.525. The molecule has 0 radical (unpaired) electrons. The molecule has 0 aliphatic rings. The van der Waals surface area contributed by atoms with Gasteiger partial charge in [0.25, 0.3) is 0 Å². The first kappa shape index (κ1) is 15.8. The molecule has 0 amide bonds. The SMILES string of the molecule is CCC(C)C(C)NC(C)CCCC(F)(F)F. The van der Waals surface area contributed by atoms with Crippen molar-refractivity contribution in [3.8, 4) is 0 Å². The van der Waals surface area contributed by atoms with Gasteiger partial charge in [0.05, 0.1) is 0 Å². The summed E-state index contributed by atoms with van der Waals surface area (Å²) in [5, 5.41) is 3.35. The third-order valence-corrected chi connectivity index (χ3v) is 3.14. The van der Waals surface area contributed by atoms with E-state index in [0.29, 0.717) is 18.4 Å². The van der Waals surface area contributed by atoms with Gasteiger partial charge in [-0.2, -0.15) is 13.2 Å². The van der Waals surface area contributed by atoms with Crippen molar-refractivity contribution in [2.45, 2.75) is 71.6 Å². The lowest BCUT2D eigenvalue weighted by molar-refractivity contribution is -0.135. The Hall–Kier alpha value is -0.250. The van der Waals surface area contributed by atoms with Gasteiger partial charge in [-0.05, 0) is 32.6 Å². The maximum atomic E-state index is 11.9. The van der Waals surface area contributed by atoms with Gasteiger partial charge in [0.1, 0.15) is 0 Å². The second-order valence-corrected chi connectivity index (χ2v) is 4.75. The molecule has 3 atom stereocenters. The Labute approximate surface area is 96.8 Å². The van der Waals surface area contributed by atoms with Gasteiger partial charge in [-0.3, -0.25) is 0 Å². The summed E-state index contributed by atoms with van der Waals surface area (Å²) in [6.45, 7) is 8.32. The summed E-state index contributed by atoms with van der Waals surface area (Å²) in [6.07, 6.45) is -2.80. The highest BCUT2D eigenvalue weighted by atomic mass is 19.4. The average Bonchev–Trinajstić information content (AvgIpc) is 2.14. The number of hydrogen-bond donors (Lipinski definition) is 1. The second kappa shape index (κ2) is 7.15. The highest BCUT2D eigenvalue weighted by Gasteiger charge is 2.26. The molecule has 98 valence electrons. The molecule has 4 heteroatoms. The second-order valence-electron chi connectivity index (χ2n) is 4.75. The quantitative estimate of drug-likeness (QED) is 0.704. The molecule has 0 saturated heterocycles. The van der Waals surface area contributed by atoms with Crippen LogP contribution in [-0.2, 0) is 0 Å². The van der Waals surface area contributed by atoms with E-state index >= 15 is 0 Å². The van der Waals surface area contributed by atoms with Gasteiger partial charge in [-0.1, -0.05) is 20.3 Å². The molecule has 1 N–H and O–H groups in total. The van der Waals surface area contributed by atoms with Gasteiger partial charge >= 0.3 is 6.18 Å². The van der Waals surface area contributed by atoms with E-state index in [2.05, 4.69) is 26.1 Å². The fraction of sp³-hybridized carbons (Fsp3) is 1.00. The van der Waals surface area contributed by atoms with Crippen LogP contribution in [0.25, 0.3) is 0 Å². The summed E-state index contributed by atoms with van der Waals surface area (Å²) < 4.78 is 35.8. The van der Waals surface area contributed by atoms with Crippen molar-refractivity contribution in [1.82, 2.24) is 5.32 Å². The van der Waals surface area contributed by atoms with E-state index in [-0.39, 0.29) is 12.5 Å². The monoisotopic (exact) mass is 239 g/mol. The Morgan fingerprint density at radius 1 is 1.12 bits per heavy atom. The molecule has 0 spiro atoms. The van der Waals surface area contributed by atoms with Crippen LogP contribution < -0.4 is 5.32 Å². The first-order valence-corrected chi connectivity index (χ1v) is 6.09. The molecule has 0 heterocycles. The van der Waals surface area contributed by atoms with Gasteiger partial charge in [0.15, 0.2) is 0 Å². The average molecular weight is 239 g/mol. The molecule has 0 aliphatic heterocycles. The number of halogens is 3. The Kier molecular flexibility index (Phi) is 7.04. The lowest BCUT2D eigenvalue weighted by atomic mass is 9.99. The standard InChI is InChI=1S/C12H24F3N/c1-5-9(2)11(4)16-10(3)7-6-8-12(13,14)15/h9-11,16H,5-8H2,1-4H3. The van der Waals surface area contributed by atoms with Crippen LogP contribution in [0, 0.1) is 5.92 Å². The Balaban J connectivity index is 3.70. The summed E-state index contributed by atoms with van der Waals surface area (Å²) in [7, 11) is 0. The number of hydrogen-bond acceptors (Lipinski definition) is 1. The molecule has 0 fully saturated rings. The zero-order chi connectivity index (χ0) is 12.8. The van der Waals surface area contributed by atoms with Crippen LogP contribution in [0.4, 0.5) is 13.2 Å². The largest absolute Gasteiger partial charge is 0.389 e. The van der Waals surface area contributed by atoms with Crippen LogP contribution in [0.2, 0.25) is 0 Å². The first-order valence-electron chi connectivity index (χ1n) is 6.09. The van der Waals surface area contributed by atoms with Crippen LogP contribution >= 0.6 is 0 Å². The maximum Gasteiger partial charge on any atom is 0.389 e. The topological polar surface area (TPSA) is 12.0 Å². The third kappa shape index (κ3) is 7.97. The van der Waals surface area contributed by atoms with Crippen molar-refractivity contribution >= 4 is 0 Å². The highest BCUT2D eigenvalue weighted by molar-refractivity contribution is 4.72. The molecular weight excluding hydrogens is 215 g/mol. The van der Waals surface area contributed by atoms with Crippen LogP contribution in [0.3, 0.4) is 0 Å². The molecule has 0 bridgehead atoms. The minimum Gasteiger partial charge on any atom is -0.312 e. The summed E-state index contributed by atoms with van der Waals surface area (Å²) in [4.78, 5) is 0. The molecule has 0 saturated carbocycles. The fourth-order valence-corrected chi connectivity index (χ4v) is 1.66. The van der Waals surface area contributed by atoms with Gasteiger partial charge in [-0.25, -0.2) is 0 Å². The smallest absolute Gasteiger partial charge is 0.312 e. The number of alkyl halides is 3. The van der Waals surface area contributed by atoms with E-state index in [1.54, 1.807) is 0 Å². The van der Waals surface area contributed by atoms with Crippen molar-refractivity contribution in [1.29, 1.82) is 0 Å². The van der Waals surface area contributed by atoms with Gasteiger partial charge < -0.3 is 5.32 Å². The zero-order valence-corrected chi connectivity index (χ0v) is 10.7. The summed E-state index contributed by atoms with van der Waals surface area (Å²) >= 11 is 0. The van der Waals surface area contributed by atoms with E-state index < -0.39 is 12.6 Å². The van der Waals surface area contributed by atoms with Crippen LogP contribution in [0.5, 0.6) is 0 Å². The van der Waals surface area contributed by atoms with E-state index in [1.807, 2.05) is 6.92 Å². The first-order chi connectivity index (χ1) is 7.26. The van der Waals surface area contributed by atoms with Crippen molar-refractivity contribution in [2.75, 3.05) is 0 Å². The minimum atomic E-state index is -4.01. The molecular formula is C12H24F3N. The van der Waals surface area contributed by atoms with Crippen LogP contribution in [-0.4, -0.2) is 18.3 Å². The van der Waals surface area contributed by atoms with Crippen molar-refractivity contribution in [2.24, 2.45) is 5.92 Å². The molecule has 16 heavy (non-hydrogen) atoms. The zero-order valence-electron chi connectivity index (χ0n) is 10.7. The summed E-state index contributed by atoms with van der Waals surface area (Å²) in [5.74, 6) is 0.560. The van der Waals surface area contributed by atoms with Gasteiger partial charge in [-0.15, -0.1) is 0 Å². The highest BCUT2D eigenvalue weighted by Crippen LogP contribution is 2.22. The normalized spacial score (nSPS) is 18.2. The van der Waals surface area contributed by atoms with E-state index in [1.165, 1.54) is 0 Å². The van der Waals surface area contributed by atoms with E-state index in [9.17, 15) is 13.2 Å². The number of nitrogens with one attached hydrogen (secondary N) is 1. The van der Waals surface area contributed by atoms with Crippen molar-refractivity contribution in [3.05, 3.63) is 0 Å². The van der Waals surface area contributed by atoms with Crippen molar-refractivity contribution in [3.63, 3.8) is 0 Å². The molecule has 1 nitrogen and oxygen atoms in total. The predicted octanol–water partition coefficient (Wildman–Crippen LogP) is 4.13. The molecule has 0 aromatic heterocycles. The maximum absolute atomic E-state index is 11.9. The Morgan fingerprint density at radius 2 is 1.69 bits per heavy atom. The lowest BCUT2D eigenvalue weighted by Crippen LogP contribution is -2.38. The lowest BCUT2D eigenvalue weighted by Gasteiger charge is -2.24. The summed E-state index contributed by atoms with van der Waals surface area (Å²) in [5.41, 5.74) is 0. The molecule has 0 aromatic carbocycles. The van der Waals surface area contributed by atoms with Gasteiger partial charge in [0.2, 0.25) is 0 Å². The van der Waals surface area contributed by atoms with Crippen molar-refractivity contribution < 1.29 is 13.2 Å². The third-order valence-electron chi connectivity index (χ3n) is 3.14. The fourth-order valence-electron chi connectivity index (χ4n) is 1.66. The Bertz CT molecular complexity index is 180. The molecule has 0 aliphatic carbocycles. The molecule has 3 unspecified atom stereocenters. The van der Waals surface area contributed by atoms with Gasteiger partial charge in [0, 0.05) is 18.5 Å². The number of rotatable bonds is 7. The van der Waals surface area contributed by atoms with Crippen LogP contribution in [0.1, 0.15) is 53.4 Å². The van der Waals surface area contributed by atoms with E-state index in [4.69, 9.17) is 0 Å². The van der Waals surface area contributed by atoms with Crippen LogP contribution in [0.15, 0.2) is 0 Å². The predicted molar refractivity (Wildman–Crippen MR) is 61.4 cm³/mol. The molecule has 0 rings (SSSR count).